The lowest BCUT2D eigenvalue weighted by Gasteiger charge is -2.43. The highest BCUT2D eigenvalue weighted by Crippen LogP contribution is 2.41. The lowest BCUT2D eigenvalue weighted by Crippen LogP contribution is -2.55. The van der Waals surface area contributed by atoms with Crippen molar-refractivity contribution in [3.8, 4) is 0 Å². The van der Waals surface area contributed by atoms with Gasteiger partial charge in [-0.1, -0.05) is 36.4 Å². The van der Waals surface area contributed by atoms with Crippen molar-refractivity contribution in [3.05, 3.63) is 77.1 Å². The summed E-state index contributed by atoms with van der Waals surface area (Å²) in [6.45, 7) is 7.58. The van der Waals surface area contributed by atoms with Gasteiger partial charge in [0.05, 0.1) is 24.5 Å². The number of allylic oxidation sites excluding steroid dienone is 1. The molecule has 1 saturated heterocycles. The summed E-state index contributed by atoms with van der Waals surface area (Å²) >= 11 is 6.58. The predicted molar refractivity (Wildman–Crippen MR) is 169 cm³/mol. The summed E-state index contributed by atoms with van der Waals surface area (Å²) in [5.74, 6) is -0.275. The number of aliphatic imine (C=N–C) groups is 1. The highest BCUT2D eigenvalue weighted by molar-refractivity contribution is 7.86. The molecule has 42 heavy (non-hydrogen) atoms. The van der Waals surface area contributed by atoms with Crippen LogP contribution in [0.2, 0.25) is 5.02 Å². The third-order valence-electron chi connectivity index (χ3n) is 7.24. The van der Waals surface area contributed by atoms with Crippen LogP contribution in [0.5, 0.6) is 0 Å². The van der Waals surface area contributed by atoms with Crippen molar-refractivity contribution in [2.45, 2.75) is 25.0 Å². The van der Waals surface area contributed by atoms with Gasteiger partial charge in [0.2, 0.25) is 5.91 Å². The van der Waals surface area contributed by atoms with Crippen molar-refractivity contribution in [3.63, 3.8) is 0 Å². The molecule has 2 aliphatic rings. The number of rotatable bonds is 12. The first-order valence-electron chi connectivity index (χ1n) is 13.7. The molecule has 11 nitrogen and oxygen atoms in total. The molecule has 13 heteroatoms. The van der Waals surface area contributed by atoms with E-state index < -0.39 is 16.3 Å². The van der Waals surface area contributed by atoms with Gasteiger partial charge < -0.3 is 20.7 Å². The second kappa shape index (κ2) is 15.5. The second-order valence-electron chi connectivity index (χ2n) is 10.0. The number of benzene rings is 1. The molecule has 1 amide bonds. The van der Waals surface area contributed by atoms with Gasteiger partial charge in [-0.25, -0.2) is 0 Å². The number of fused-ring (bicyclic) bond motifs is 1. The second-order valence-corrected chi connectivity index (χ2v) is 12.6. The van der Waals surface area contributed by atoms with E-state index >= 15 is 0 Å². The zero-order valence-electron chi connectivity index (χ0n) is 24.9. The maximum absolute atomic E-state index is 12.8. The van der Waals surface area contributed by atoms with Crippen LogP contribution >= 0.6 is 11.6 Å². The summed E-state index contributed by atoms with van der Waals surface area (Å²) in [6.07, 6.45) is 10.9. The van der Waals surface area contributed by atoms with Gasteiger partial charge in [0, 0.05) is 65.7 Å². The number of carbonyl (C=O) groups is 1. The third kappa shape index (κ3) is 7.88. The molecule has 3 atom stereocenters. The van der Waals surface area contributed by atoms with Crippen LogP contribution < -0.4 is 16.0 Å². The maximum Gasteiger partial charge on any atom is 0.281 e. The van der Waals surface area contributed by atoms with Gasteiger partial charge in [-0.3, -0.25) is 14.7 Å². The van der Waals surface area contributed by atoms with E-state index in [2.05, 4.69) is 38.5 Å². The van der Waals surface area contributed by atoms with Crippen LogP contribution in [-0.2, 0) is 19.7 Å². The van der Waals surface area contributed by atoms with Gasteiger partial charge in [-0.05, 0) is 53.6 Å². The van der Waals surface area contributed by atoms with E-state index in [0.29, 0.717) is 31.2 Å². The van der Waals surface area contributed by atoms with Crippen molar-refractivity contribution >= 4 is 39.6 Å². The molecule has 0 bridgehead atoms. The van der Waals surface area contributed by atoms with E-state index in [9.17, 15) is 13.2 Å². The van der Waals surface area contributed by atoms with E-state index in [1.807, 2.05) is 37.3 Å². The van der Waals surface area contributed by atoms with Crippen LogP contribution in [0.15, 0.2) is 66.0 Å². The summed E-state index contributed by atoms with van der Waals surface area (Å²) in [4.78, 5) is 19.0. The minimum absolute atomic E-state index is 0.0935. The van der Waals surface area contributed by atoms with E-state index in [-0.39, 0.29) is 24.6 Å². The Morgan fingerprint density at radius 2 is 2.00 bits per heavy atom. The standard InChI is InChI=1S/C29H42ClN7O4S/c1-7-21-17-25(26(11-12-32-20-31-3)34-27(38)19-41-6)24-18-22(30)9-10-23(24)29(28(21)33-8-2)36-13-15-37(16-14-36)42(39,40)35(4)5/h7-12,17-18,20,26,28-29,33H,2,13-16,19H2,1,3-6H3,(H,31,32)(H,34,38)/b12-11+,21-7-/t26-,28?,29-/m0/s1. The zero-order chi connectivity index (χ0) is 30.9. The van der Waals surface area contributed by atoms with Gasteiger partial charge in [-0.2, -0.15) is 17.0 Å². The number of amides is 1. The van der Waals surface area contributed by atoms with Crippen molar-refractivity contribution in [1.29, 1.82) is 0 Å². The van der Waals surface area contributed by atoms with E-state index in [1.165, 1.54) is 15.7 Å². The lowest BCUT2D eigenvalue weighted by molar-refractivity contribution is -0.124. The Morgan fingerprint density at radius 3 is 2.60 bits per heavy atom. The minimum Gasteiger partial charge on any atom is -0.383 e. The number of methoxy groups -OCH3 is 1. The van der Waals surface area contributed by atoms with E-state index in [4.69, 9.17) is 16.3 Å². The molecule has 230 valence electrons. The Balaban J connectivity index is 2.15. The monoisotopic (exact) mass is 619 g/mol. The Hall–Kier alpha value is -3.00. The molecule has 1 aromatic rings. The first kappa shape index (κ1) is 33.5. The summed E-state index contributed by atoms with van der Waals surface area (Å²) in [7, 11) is 2.70. The molecule has 1 aliphatic heterocycles. The fraction of sp³-hybridized carbons (Fsp3) is 0.448. The fourth-order valence-electron chi connectivity index (χ4n) is 5.28. The van der Waals surface area contributed by atoms with Gasteiger partial charge in [0.25, 0.3) is 10.2 Å². The normalized spacial score (nSPS) is 22.2. The molecule has 1 heterocycles. The molecule has 0 saturated carbocycles. The van der Waals surface area contributed by atoms with Crippen LogP contribution in [0, 0.1) is 0 Å². The van der Waals surface area contributed by atoms with Gasteiger partial charge >= 0.3 is 0 Å². The first-order valence-corrected chi connectivity index (χ1v) is 15.4. The number of hydrogen-bond acceptors (Lipinski definition) is 7. The average Bonchev–Trinajstić information content (AvgIpc) is 3.09. The number of halogens is 1. The Morgan fingerprint density at radius 1 is 1.29 bits per heavy atom. The third-order valence-corrected chi connectivity index (χ3v) is 9.42. The van der Waals surface area contributed by atoms with E-state index in [1.54, 1.807) is 39.9 Å². The van der Waals surface area contributed by atoms with Gasteiger partial charge in [0.1, 0.15) is 6.61 Å². The number of piperazine rings is 1. The number of carbonyl (C=O) groups excluding carboxylic acids is 1. The van der Waals surface area contributed by atoms with Crippen LogP contribution in [0.3, 0.4) is 0 Å². The zero-order valence-corrected chi connectivity index (χ0v) is 26.5. The summed E-state index contributed by atoms with van der Waals surface area (Å²) in [6, 6.07) is 4.83. The molecule has 1 aliphatic carbocycles. The van der Waals surface area contributed by atoms with Crippen LogP contribution in [-0.4, -0.2) is 107 Å². The van der Waals surface area contributed by atoms with Crippen molar-refractivity contribution in [2.75, 3.05) is 61.0 Å². The summed E-state index contributed by atoms with van der Waals surface area (Å²) in [5.41, 5.74) is 3.69. The smallest absolute Gasteiger partial charge is 0.281 e. The molecule has 0 aromatic heterocycles. The predicted octanol–water partition coefficient (Wildman–Crippen LogP) is 2.14. The number of nitrogens with zero attached hydrogens (tertiary/aromatic N) is 4. The SMILES string of the molecule is C=CNC1/C(=C\C)C=C([C@H](/C=C/NC=NC)NC(=O)COC)c2cc(Cl)ccc2[C@@H]1N1CCN(S(=O)(=O)N(C)C)CC1. The van der Waals surface area contributed by atoms with Crippen molar-refractivity contribution in [2.24, 2.45) is 4.99 Å². The Bertz CT molecular complexity index is 1340. The molecule has 0 spiro atoms. The fourth-order valence-corrected chi connectivity index (χ4v) is 6.53. The molecule has 1 fully saturated rings. The minimum atomic E-state index is -3.52. The first-order chi connectivity index (χ1) is 20.1. The summed E-state index contributed by atoms with van der Waals surface area (Å²) < 4.78 is 33.5. The highest BCUT2D eigenvalue weighted by Gasteiger charge is 2.39. The van der Waals surface area contributed by atoms with Crippen LogP contribution in [0.25, 0.3) is 5.57 Å². The Labute approximate surface area is 254 Å². The van der Waals surface area contributed by atoms with Crippen LogP contribution in [0.1, 0.15) is 24.1 Å². The quantitative estimate of drug-likeness (QED) is 0.242. The van der Waals surface area contributed by atoms with Crippen molar-refractivity contribution in [1.82, 2.24) is 29.5 Å². The van der Waals surface area contributed by atoms with E-state index in [0.717, 1.165) is 22.3 Å². The molecule has 1 unspecified atom stereocenters. The average molecular weight is 620 g/mol. The van der Waals surface area contributed by atoms with Crippen molar-refractivity contribution < 1.29 is 17.9 Å². The molecule has 3 rings (SSSR count). The number of hydrogen-bond donors (Lipinski definition) is 3. The topological polar surface area (TPSA) is 119 Å². The summed E-state index contributed by atoms with van der Waals surface area (Å²) in [5, 5.41) is 10.1. The van der Waals surface area contributed by atoms with Gasteiger partial charge in [-0.15, -0.1) is 0 Å². The molecule has 1 aromatic carbocycles. The largest absolute Gasteiger partial charge is 0.383 e. The number of nitrogens with one attached hydrogen (secondary N) is 3. The lowest BCUT2D eigenvalue weighted by atomic mass is 9.89. The Kier molecular flexibility index (Phi) is 12.3. The maximum atomic E-state index is 12.8. The molecular formula is C29H42ClN7O4S. The number of ether oxygens (including phenoxy) is 1. The molecule has 3 N–H and O–H groups in total. The molecular weight excluding hydrogens is 578 g/mol. The highest BCUT2D eigenvalue weighted by atomic mass is 35.5. The molecule has 0 radical (unpaired) electrons. The van der Waals surface area contributed by atoms with Gasteiger partial charge in [0.15, 0.2) is 0 Å². The van der Waals surface area contributed by atoms with Crippen LogP contribution in [0.4, 0.5) is 0 Å².